The van der Waals surface area contributed by atoms with Gasteiger partial charge >= 0.3 is 0 Å². The summed E-state index contributed by atoms with van der Waals surface area (Å²) >= 11 is 1.31. The summed E-state index contributed by atoms with van der Waals surface area (Å²) in [5, 5.41) is 16.0. The zero-order chi connectivity index (χ0) is 23.2. The Kier molecular flexibility index (Phi) is 6.94. The molecular weight excluding hydrogens is 440 g/mol. The topological polar surface area (TPSA) is 96.1 Å². The van der Waals surface area contributed by atoms with Crippen LogP contribution in [0, 0.1) is 6.92 Å². The van der Waals surface area contributed by atoms with Crippen LogP contribution in [0.5, 0.6) is 11.5 Å². The fourth-order valence-corrected chi connectivity index (χ4v) is 4.05. The highest BCUT2D eigenvalue weighted by molar-refractivity contribution is 7.99. The zero-order valence-electron chi connectivity index (χ0n) is 18.6. The summed E-state index contributed by atoms with van der Waals surface area (Å²) in [6.45, 7) is 2.45. The van der Waals surface area contributed by atoms with Crippen LogP contribution in [0.3, 0.4) is 0 Å². The van der Waals surface area contributed by atoms with Crippen LogP contribution in [-0.2, 0) is 11.3 Å². The Balaban J connectivity index is 1.41. The van der Waals surface area contributed by atoms with E-state index >= 15 is 0 Å². The standard InChI is InChI=1S/C23H24N6O3S/c1-16-7-9-18(10-8-16)28-15-24-27-23(28)33-14-21(30)26-20-11-12-25-29(20)13-17-5-4-6-19(31-2)22(17)32-3/h4-12,15H,13-14H2,1-3H3,(H,26,30). The molecule has 0 aliphatic rings. The summed E-state index contributed by atoms with van der Waals surface area (Å²) in [6.07, 6.45) is 3.28. The lowest BCUT2D eigenvalue weighted by atomic mass is 10.2. The molecule has 1 amide bonds. The highest BCUT2D eigenvalue weighted by Gasteiger charge is 2.15. The second-order valence-electron chi connectivity index (χ2n) is 7.18. The van der Waals surface area contributed by atoms with E-state index in [2.05, 4.69) is 20.6 Å². The van der Waals surface area contributed by atoms with E-state index in [0.717, 1.165) is 11.3 Å². The number of rotatable bonds is 9. The molecule has 0 fully saturated rings. The molecule has 4 rings (SSSR count). The first-order valence-electron chi connectivity index (χ1n) is 10.2. The van der Waals surface area contributed by atoms with Gasteiger partial charge in [0, 0.05) is 17.3 Å². The van der Waals surface area contributed by atoms with Gasteiger partial charge in [-0.05, 0) is 25.1 Å². The summed E-state index contributed by atoms with van der Waals surface area (Å²) in [7, 11) is 3.19. The van der Waals surface area contributed by atoms with Gasteiger partial charge in [-0.25, -0.2) is 4.68 Å². The number of aromatic nitrogens is 5. The average molecular weight is 465 g/mol. The monoisotopic (exact) mass is 464 g/mol. The Morgan fingerprint density at radius 1 is 1.09 bits per heavy atom. The lowest BCUT2D eigenvalue weighted by Crippen LogP contribution is -2.18. The summed E-state index contributed by atoms with van der Waals surface area (Å²) in [5.74, 6) is 1.88. The number of benzene rings is 2. The third-order valence-electron chi connectivity index (χ3n) is 4.95. The van der Waals surface area contributed by atoms with E-state index in [1.165, 1.54) is 17.3 Å². The Bertz CT molecular complexity index is 1240. The number of thioether (sulfide) groups is 1. The van der Waals surface area contributed by atoms with Crippen molar-refractivity contribution in [2.45, 2.75) is 18.6 Å². The molecule has 2 aromatic carbocycles. The second kappa shape index (κ2) is 10.2. The van der Waals surface area contributed by atoms with Crippen LogP contribution in [-0.4, -0.2) is 50.4 Å². The maximum absolute atomic E-state index is 12.7. The van der Waals surface area contributed by atoms with Crippen molar-refractivity contribution in [3.63, 3.8) is 0 Å². The Morgan fingerprint density at radius 3 is 2.67 bits per heavy atom. The van der Waals surface area contributed by atoms with Crippen molar-refractivity contribution in [2.75, 3.05) is 25.3 Å². The molecule has 0 radical (unpaired) electrons. The van der Waals surface area contributed by atoms with Crippen LogP contribution >= 0.6 is 11.8 Å². The molecule has 0 saturated carbocycles. The van der Waals surface area contributed by atoms with Gasteiger partial charge in [-0.15, -0.1) is 10.2 Å². The highest BCUT2D eigenvalue weighted by atomic mass is 32.2. The second-order valence-corrected chi connectivity index (χ2v) is 8.13. The summed E-state index contributed by atoms with van der Waals surface area (Å²) in [4.78, 5) is 12.7. The highest BCUT2D eigenvalue weighted by Crippen LogP contribution is 2.31. The molecule has 0 aliphatic heterocycles. The smallest absolute Gasteiger partial charge is 0.235 e. The zero-order valence-corrected chi connectivity index (χ0v) is 19.4. The van der Waals surface area contributed by atoms with Crippen LogP contribution in [0.25, 0.3) is 5.69 Å². The number of aryl methyl sites for hydroxylation is 1. The Labute approximate surface area is 195 Å². The lowest BCUT2D eigenvalue weighted by molar-refractivity contribution is -0.113. The van der Waals surface area contributed by atoms with Gasteiger partial charge in [0.2, 0.25) is 5.91 Å². The molecule has 0 saturated heterocycles. The first-order valence-corrected chi connectivity index (χ1v) is 11.2. The number of methoxy groups -OCH3 is 2. The number of carbonyl (C=O) groups is 1. The maximum Gasteiger partial charge on any atom is 0.235 e. The largest absolute Gasteiger partial charge is 0.493 e. The number of nitrogens with zero attached hydrogens (tertiary/aromatic N) is 5. The van der Waals surface area contributed by atoms with Gasteiger partial charge in [-0.3, -0.25) is 9.36 Å². The van der Waals surface area contributed by atoms with E-state index in [4.69, 9.17) is 9.47 Å². The van der Waals surface area contributed by atoms with E-state index in [-0.39, 0.29) is 11.7 Å². The van der Waals surface area contributed by atoms with Gasteiger partial charge < -0.3 is 14.8 Å². The number of hydrogen-bond acceptors (Lipinski definition) is 7. The van der Waals surface area contributed by atoms with Crippen LogP contribution in [0.1, 0.15) is 11.1 Å². The minimum atomic E-state index is -0.169. The van der Waals surface area contributed by atoms with Gasteiger partial charge in [-0.2, -0.15) is 5.10 Å². The van der Waals surface area contributed by atoms with Gasteiger partial charge in [0.1, 0.15) is 12.1 Å². The third kappa shape index (κ3) is 5.17. The molecule has 2 heterocycles. The van der Waals surface area contributed by atoms with Gasteiger partial charge in [-0.1, -0.05) is 41.6 Å². The summed E-state index contributed by atoms with van der Waals surface area (Å²) in [6, 6.07) is 15.4. The number of anilines is 1. The minimum absolute atomic E-state index is 0.169. The Hall–Kier alpha value is -3.79. The van der Waals surface area contributed by atoms with Crippen molar-refractivity contribution in [1.82, 2.24) is 24.5 Å². The normalized spacial score (nSPS) is 10.8. The van der Waals surface area contributed by atoms with E-state index in [1.54, 1.807) is 37.5 Å². The predicted octanol–water partition coefficient (Wildman–Crippen LogP) is 3.57. The van der Waals surface area contributed by atoms with Crippen molar-refractivity contribution in [3.05, 3.63) is 72.2 Å². The van der Waals surface area contributed by atoms with Crippen molar-refractivity contribution in [1.29, 1.82) is 0 Å². The predicted molar refractivity (Wildman–Crippen MR) is 126 cm³/mol. The summed E-state index contributed by atoms with van der Waals surface area (Å²) in [5.41, 5.74) is 3.00. The molecule has 0 atom stereocenters. The molecule has 2 aromatic heterocycles. The van der Waals surface area contributed by atoms with Crippen molar-refractivity contribution in [2.24, 2.45) is 0 Å². The molecule has 0 aliphatic carbocycles. The van der Waals surface area contributed by atoms with E-state index in [0.29, 0.717) is 29.0 Å². The van der Waals surface area contributed by atoms with E-state index in [9.17, 15) is 4.79 Å². The molecule has 9 nitrogen and oxygen atoms in total. The number of carbonyl (C=O) groups excluding carboxylic acids is 1. The van der Waals surface area contributed by atoms with E-state index in [1.807, 2.05) is 54.0 Å². The maximum atomic E-state index is 12.7. The number of ether oxygens (including phenoxy) is 2. The summed E-state index contributed by atoms with van der Waals surface area (Å²) < 4.78 is 14.4. The molecule has 4 aromatic rings. The number of para-hydroxylation sites is 1. The minimum Gasteiger partial charge on any atom is -0.493 e. The molecule has 10 heteroatoms. The van der Waals surface area contributed by atoms with E-state index < -0.39 is 0 Å². The number of nitrogens with one attached hydrogen (secondary N) is 1. The SMILES string of the molecule is COc1cccc(Cn2nccc2NC(=O)CSc2nncn2-c2ccc(C)cc2)c1OC. The van der Waals surface area contributed by atoms with Gasteiger partial charge in [0.05, 0.1) is 32.7 Å². The van der Waals surface area contributed by atoms with Crippen molar-refractivity contribution >= 4 is 23.5 Å². The van der Waals surface area contributed by atoms with Crippen LogP contribution < -0.4 is 14.8 Å². The first kappa shape index (κ1) is 22.4. The Morgan fingerprint density at radius 2 is 1.91 bits per heavy atom. The quantitative estimate of drug-likeness (QED) is 0.378. The van der Waals surface area contributed by atoms with Crippen molar-refractivity contribution < 1.29 is 14.3 Å². The lowest BCUT2D eigenvalue weighted by Gasteiger charge is -2.14. The van der Waals surface area contributed by atoms with Gasteiger partial charge in [0.25, 0.3) is 0 Å². The molecule has 0 unspecified atom stereocenters. The fraction of sp³-hybridized carbons (Fsp3) is 0.217. The fourth-order valence-electron chi connectivity index (χ4n) is 3.32. The molecule has 170 valence electrons. The van der Waals surface area contributed by atoms with Crippen molar-refractivity contribution in [3.8, 4) is 17.2 Å². The van der Waals surface area contributed by atoms with Crippen LogP contribution in [0.2, 0.25) is 0 Å². The molecule has 0 bridgehead atoms. The van der Waals surface area contributed by atoms with Gasteiger partial charge in [0.15, 0.2) is 16.7 Å². The third-order valence-corrected chi connectivity index (χ3v) is 5.89. The number of hydrogen-bond donors (Lipinski definition) is 1. The van der Waals surface area contributed by atoms with Crippen LogP contribution in [0.4, 0.5) is 5.82 Å². The number of amides is 1. The van der Waals surface area contributed by atoms with Crippen LogP contribution in [0.15, 0.2) is 66.2 Å². The molecule has 33 heavy (non-hydrogen) atoms. The molecule has 0 spiro atoms. The average Bonchev–Trinajstić information content (AvgIpc) is 3.47. The molecule has 1 N–H and O–H groups in total. The molecular formula is C23H24N6O3S. The first-order chi connectivity index (χ1) is 16.1.